The molecule has 2 aromatic rings. The lowest BCUT2D eigenvalue weighted by Crippen LogP contribution is -1.93. The second-order valence-corrected chi connectivity index (χ2v) is 6.78. The molecule has 0 amide bonds. The van der Waals surface area contributed by atoms with Gasteiger partial charge in [-0.3, -0.25) is 0 Å². The molecule has 3 rings (SSSR count). The molecular weight excluding hydrogens is 318 g/mol. The summed E-state index contributed by atoms with van der Waals surface area (Å²) in [5, 5.41) is 0. The van der Waals surface area contributed by atoms with Crippen molar-refractivity contribution in [2.75, 3.05) is 5.73 Å². The predicted octanol–water partition coefficient (Wildman–Crippen LogP) is 4.81. The van der Waals surface area contributed by atoms with Crippen LogP contribution in [0.1, 0.15) is 23.1 Å². The maximum absolute atomic E-state index is 6.03. The van der Waals surface area contributed by atoms with Crippen LogP contribution in [0.5, 0.6) is 0 Å². The van der Waals surface area contributed by atoms with Gasteiger partial charge in [-0.15, -0.1) is 11.8 Å². The van der Waals surface area contributed by atoms with Gasteiger partial charge in [-0.2, -0.15) is 0 Å². The summed E-state index contributed by atoms with van der Waals surface area (Å²) in [4.78, 5) is 1.34. The van der Waals surface area contributed by atoms with Crippen molar-refractivity contribution in [3.05, 3.63) is 57.6 Å². The van der Waals surface area contributed by atoms with Crippen LogP contribution in [0, 0.1) is 0 Å². The summed E-state index contributed by atoms with van der Waals surface area (Å²) in [6.45, 7) is 0. The molecule has 1 nitrogen and oxygen atoms in total. The predicted molar refractivity (Wildman–Crippen MR) is 86.6 cm³/mol. The van der Waals surface area contributed by atoms with Crippen LogP contribution >= 0.6 is 27.7 Å². The molecule has 0 saturated heterocycles. The molecule has 0 unspecified atom stereocenters. The van der Waals surface area contributed by atoms with E-state index in [0.717, 1.165) is 15.9 Å². The Kier molecular flexibility index (Phi) is 3.85. The minimum atomic E-state index is 0.864. The number of hydrogen-bond donors (Lipinski definition) is 1. The molecule has 0 aliphatic heterocycles. The molecule has 0 spiro atoms. The fourth-order valence-electron chi connectivity index (χ4n) is 2.52. The van der Waals surface area contributed by atoms with Crippen molar-refractivity contribution < 1.29 is 0 Å². The highest BCUT2D eigenvalue weighted by Gasteiger charge is 2.11. The van der Waals surface area contributed by atoms with Crippen molar-refractivity contribution in [2.24, 2.45) is 0 Å². The molecule has 98 valence electrons. The highest BCUT2D eigenvalue weighted by Crippen LogP contribution is 2.33. The number of nitrogen functional groups attached to an aromatic ring is 1. The summed E-state index contributed by atoms with van der Waals surface area (Å²) in [6, 6.07) is 12.9. The Morgan fingerprint density at radius 3 is 2.79 bits per heavy atom. The van der Waals surface area contributed by atoms with E-state index in [1.807, 2.05) is 23.9 Å². The molecule has 3 heteroatoms. The zero-order valence-corrected chi connectivity index (χ0v) is 13.1. The number of aryl methyl sites for hydroxylation is 2. The highest BCUT2D eigenvalue weighted by atomic mass is 79.9. The summed E-state index contributed by atoms with van der Waals surface area (Å²) in [5.41, 5.74) is 11.1. The SMILES string of the molecule is Nc1cccc(Br)c1CSc1ccc2c(c1)CCC2. The molecule has 2 aromatic carbocycles. The molecule has 0 aromatic heterocycles. The molecule has 0 fully saturated rings. The minimum Gasteiger partial charge on any atom is -0.398 e. The number of rotatable bonds is 3. The first kappa shape index (κ1) is 13.1. The first-order chi connectivity index (χ1) is 9.24. The molecular formula is C16H16BrNS. The third-order valence-corrected chi connectivity index (χ3v) is 5.37. The van der Waals surface area contributed by atoms with Gasteiger partial charge in [0, 0.05) is 20.8 Å². The van der Waals surface area contributed by atoms with E-state index < -0.39 is 0 Å². The maximum atomic E-state index is 6.03. The molecule has 0 bridgehead atoms. The number of thioether (sulfide) groups is 1. The minimum absolute atomic E-state index is 0.864. The average Bonchev–Trinajstić information content (AvgIpc) is 2.85. The summed E-state index contributed by atoms with van der Waals surface area (Å²) < 4.78 is 1.10. The molecule has 1 aliphatic carbocycles. The van der Waals surface area contributed by atoms with Gasteiger partial charge in [0.2, 0.25) is 0 Å². The quantitative estimate of drug-likeness (QED) is 0.644. The average molecular weight is 334 g/mol. The molecule has 0 saturated carbocycles. The van der Waals surface area contributed by atoms with Crippen LogP contribution in [0.25, 0.3) is 0 Å². The molecule has 0 atom stereocenters. The van der Waals surface area contributed by atoms with Gasteiger partial charge < -0.3 is 5.73 Å². The molecule has 2 N–H and O–H groups in total. The lowest BCUT2D eigenvalue weighted by Gasteiger charge is -2.09. The van der Waals surface area contributed by atoms with Gasteiger partial charge in [0.15, 0.2) is 0 Å². The van der Waals surface area contributed by atoms with Gasteiger partial charge in [0.05, 0.1) is 0 Å². The Hall–Kier alpha value is -0.930. The zero-order valence-electron chi connectivity index (χ0n) is 10.7. The number of benzene rings is 2. The van der Waals surface area contributed by atoms with Crippen LogP contribution < -0.4 is 5.73 Å². The van der Waals surface area contributed by atoms with E-state index in [-0.39, 0.29) is 0 Å². The van der Waals surface area contributed by atoms with Gasteiger partial charge in [-0.1, -0.05) is 28.1 Å². The Morgan fingerprint density at radius 1 is 1.11 bits per heavy atom. The third kappa shape index (κ3) is 2.82. The zero-order chi connectivity index (χ0) is 13.2. The second-order valence-electron chi connectivity index (χ2n) is 4.88. The number of fused-ring (bicyclic) bond motifs is 1. The third-order valence-electron chi connectivity index (χ3n) is 3.61. The van der Waals surface area contributed by atoms with Crippen LogP contribution in [0.15, 0.2) is 45.8 Å². The van der Waals surface area contributed by atoms with Crippen molar-refractivity contribution in [3.63, 3.8) is 0 Å². The van der Waals surface area contributed by atoms with Crippen molar-refractivity contribution >= 4 is 33.4 Å². The number of anilines is 1. The topological polar surface area (TPSA) is 26.0 Å². The monoisotopic (exact) mass is 333 g/mol. The van der Waals surface area contributed by atoms with Crippen molar-refractivity contribution in [1.82, 2.24) is 0 Å². The van der Waals surface area contributed by atoms with E-state index in [9.17, 15) is 0 Å². The van der Waals surface area contributed by atoms with Gasteiger partial charge in [0.25, 0.3) is 0 Å². The van der Waals surface area contributed by atoms with Gasteiger partial charge in [0.1, 0.15) is 0 Å². The Labute approximate surface area is 126 Å². The van der Waals surface area contributed by atoms with Crippen molar-refractivity contribution in [3.8, 4) is 0 Å². The first-order valence-corrected chi connectivity index (χ1v) is 8.29. The summed E-state index contributed by atoms with van der Waals surface area (Å²) in [6.07, 6.45) is 3.79. The van der Waals surface area contributed by atoms with Crippen molar-refractivity contribution in [1.29, 1.82) is 0 Å². The molecule has 1 aliphatic rings. The summed E-state index contributed by atoms with van der Waals surface area (Å²) in [5.74, 6) is 0.909. The van der Waals surface area contributed by atoms with Gasteiger partial charge in [-0.05, 0) is 60.2 Å². The molecule has 19 heavy (non-hydrogen) atoms. The Bertz CT molecular complexity index is 589. The van der Waals surface area contributed by atoms with E-state index in [2.05, 4.69) is 40.2 Å². The Morgan fingerprint density at radius 2 is 1.95 bits per heavy atom. The molecule has 0 radical (unpaired) electrons. The lowest BCUT2D eigenvalue weighted by atomic mass is 10.1. The van der Waals surface area contributed by atoms with E-state index in [1.54, 1.807) is 0 Å². The fourth-order valence-corrected chi connectivity index (χ4v) is 4.25. The van der Waals surface area contributed by atoms with Crippen molar-refractivity contribution in [2.45, 2.75) is 29.9 Å². The standard InChI is InChI=1S/C16H16BrNS/c17-15-5-2-6-16(18)14(15)10-19-13-8-7-11-3-1-4-12(11)9-13/h2,5-9H,1,3-4,10,18H2. The van der Waals surface area contributed by atoms with Crippen LogP contribution in [0.3, 0.4) is 0 Å². The highest BCUT2D eigenvalue weighted by molar-refractivity contribution is 9.10. The molecule has 0 heterocycles. The normalized spacial score (nSPS) is 13.5. The number of nitrogens with two attached hydrogens (primary N) is 1. The van der Waals surface area contributed by atoms with E-state index in [1.165, 1.54) is 40.8 Å². The number of hydrogen-bond acceptors (Lipinski definition) is 2. The maximum Gasteiger partial charge on any atom is 0.0366 e. The van der Waals surface area contributed by atoms with E-state index >= 15 is 0 Å². The summed E-state index contributed by atoms with van der Waals surface area (Å²) in [7, 11) is 0. The van der Waals surface area contributed by atoms with E-state index in [0.29, 0.717) is 0 Å². The second kappa shape index (κ2) is 5.59. The van der Waals surface area contributed by atoms with Crippen LogP contribution in [-0.4, -0.2) is 0 Å². The smallest absolute Gasteiger partial charge is 0.0366 e. The van der Waals surface area contributed by atoms with Gasteiger partial charge in [-0.25, -0.2) is 0 Å². The van der Waals surface area contributed by atoms with Crippen LogP contribution in [0.2, 0.25) is 0 Å². The van der Waals surface area contributed by atoms with Crippen LogP contribution in [-0.2, 0) is 18.6 Å². The first-order valence-electron chi connectivity index (χ1n) is 6.51. The van der Waals surface area contributed by atoms with E-state index in [4.69, 9.17) is 5.73 Å². The fraction of sp³-hybridized carbons (Fsp3) is 0.250. The number of halogens is 1. The van der Waals surface area contributed by atoms with Crippen LogP contribution in [0.4, 0.5) is 5.69 Å². The summed E-state index contributed by atoms with van der Waals surface area (Å²) >= 11 is 5.43. The Balaban J connectivity index is 1.76. The van der Waals surface area contributed by atoms with Gasteiger partial charge >= 0.3 is 0 Å². The lowest BCUT2D eigenvalue weighted by molar-refractivity contribution is 0.911. The largest absolute Gasteiger partial charge is 0.398 e.